The van der Waals surface area contributed by atoms with Gasteiger partial charge in [0.25, 0.3) is 0 Å². The van der Waals surface area contributed by atoms with Crippen molar-refractivity contribution in [1.29, 1.82) is 0 Å². The van der Waals surface area contributed by atoms with Crippen LogP contribution in [0.4, 0.5) is 18.9 Å². The van der Waals surface area contributed by atoms with Crippen molar-refractivity contribution in [1.82, 2.24) is 0 Å². The number of hydrogen-bond donors (Lipinski definition) is 2. The number of phenolic OH excluding ortho intramolecular Hbond substituents is 1. The van der Waals surface area contributed by atoms with Gasteiger partial charge in [-0.05, 0) is 35.4 Å². The van der Waals surface area contributed by atoms with Gasteiger partial charge < -0.3 is 10.4 Å². The Labute approximate surface area is 129 Å². The molecule has 22 heavy (non-hydrogen) atoms. The molecule has 0 heterocycles. The number of benzene rings is 2. The van der Waals surface area contributed by atoms with E-state index in [0.29, 0.717) is 11.1 Å². The van der Waals surface area contributed by atoms with Crippen LogP contribution in [0.1, 0.15) is 5.56 Å². The Kier molecular flexibility index (Phi) is 4.61. The van der Waals surface area contributed by atoms with Crippen LogP contribution in [0.25, 0.3) is 11.1 Å². The second kappa shape index (κ2) is 6.27. The number of anilines is 1. The fourth-order valence-electron chi connectivity index (χ4n) is 1.85. The van der Waals surface area contributed by atoms with E-state index in [9.17, 15) is 23.1 Å². The molecular weight excluding hydrogens is 319 g/mol. The standard InChI is InChI=1S/C15H11ClF3NO2/c16-8-14(22)20-12-6-3-10(7-13(12)21)9-1-4-11(5-2-9)15(17,18)19/h1-7,21H,8H2,(H,20,22). The van der Waals surface area contributed by atoms with Crippen molar-refractivity contribution in [3.8, 4) is 16.9 Å². The highest BCUT2D eigenvalue weighted by Crippen LogP contribution is 2.33. The van der Waals surface area contributed by atoms with Gasteiger partial charge in [0.15, 0.2) is 0 Å². The first kappa shape index (κ1) is 16.2. The zero-order valence-electron chi connectivity index (χ0n) is 11.1. The highest BCUT2D eigenvalue weighted by molar-refractivity contribution is 6.29. The molecule has 0 bridgehead atoms. The van der Waals surface area contributed by atoms with Crippen molar-refractivity contribution in [3.05, 3.63) is 48.0 Å². The molecule has 0 aromatic heterocycles. The summed E-state index contributed by atoms with van der Waals surface area (Å²) in [5.41, 5.74) is 0.474. The van der Waals surface area contributed by atoms with Crippen molar-refractivity contribution in [3.63, 3.8) is 0 Å². The summed E-state index contributed by atoms with van der Waals surface area (Å²) in [5, 5.41) is 12.2. The number of carbonyl (C=O) groups excluding carboxylic acids is 1. The van der Waals surface area contributed by atoms with Gasteiger partial charge >= 0.3 is 6.18 Å². The van der Waals surface area contributed by atoms with Crippen LogP contribution in [0.3, 0.4) is 0 Å². The van der Waals surface area contributed by atoms with Crippen LogP contribution in [0.15, 0.2) is 42.5 Å². The van der Waals surface area contributed by atoms with E-state index >= 15 is 0 Å². The second-order valence-corrected chi connectivity index (χ2v) is 4.76. The summed E-state index contributed by atoms with van der Waals surface area (Å²) in [7, 11) is 0. The Morgan fingerprint density at radius 1 is 1.09 bits per heavy atom. The van der Waals surface area contributed by atoms with Gasteiger partial charge in [0.1, 0.15) is 11.6 Å². The first-order valence-corrected chi connectivity index (χ1v) is 6.71. The molecule has 7 heteroatoms. The Morgan fingerprint density at radius 2 is 1.68 bits per heavy atom. The molecule has 0 aliphatic heterocycles. The number of phenols is 1. The number of hydrogen-bond acceptors (Lipinski definition) is 2. The fraction of sp³-hybridized carbons (Fsp3) is 0.133. The highest BCUT2D eigenvalue weighted by Gasteiger charge is 2.29. The van der Waals surface area contributed by atoms with E-state index in [2.05, 4.69) is 5.32 Å². The Balaban J connectivity index is 2.26. The lowest BCUT2D eigenvalue weighted by molar-refractivity contribution is -0.137. The normalized spacial score (nSPS) is 11.3. The second-order valence-electron chi connectivity index (χ2n) is 4.49. The van der Waals surface area contributed by atoms with Crippen molar-refractivity contribution in [2.24, 2.45) is 0 Å². The summed E-state index contributed by atoms with van der Waals surface area (Å²) in [4.78, 5) is 11.2. The third-order valence-electron chi connectivity index (χ3n) is 2.94. The fourth-order valence-corrected chi connectivity index (χ4v) is 1.92. The third kappa shape index (κ3) is 3.71. The van der Waals surface area contributed by atoms with Gasteiger partial charge in [-0.15, -0.1) is 11.6 Å². The molecule has 0 aliphatic carbocycles. The van der Waals surface area contributed by atoms with E-state index in [4.69, 9.17) is 11.6 Å². The summed E-state index contributed by atoms with van der Waals surface area (Å²) >= 11 is 5.35. The van der Waals surface area contributed by atoms with Gasteiger partial charge in [-0.2, -0.15) is 13.2 Å². The molecule has 3 nitrogen and oxygen atoms in total. The molecule has 116 valence electrons. The van der Waals surface area contributed by atoms with Crippen LogP contribution in [0.2, 0.25) is 0 Å². The molecule has 0 atom stereocenters. The summed E-state index contributed by atoms with van der Waals surface area (Å²) in [5.74, 6) is -0.921. The number of amides is 1. The molecule has 0 aliphatic rings. The maximum atomic E-state index is 12.5. The lowest BCUT2D eigenvalue weighted by Crippen LogP contribution is -2.12. The van der Waals surface area contributed by atoms with Gasteiger partial charge in [0.05, 0.1) is 11.3 Å². The van der Waals surface area contributed by atoms with Crippen LogP contribution >= 0.6 is 11.6 Å². The summed E-state index contributed by atoms with van der Waals surface area (Å²) in [6.07, 6.45) is -4.39. The molecule has 0 unspecified atom stereocenters. The zero-order chi connectivity index (χ0) is 16.3. The number of carbonyl (C=O) groups is 1. The minimum absolute atomic E-state index is 0.182. The zero-order valence-corrected chi connectivity index (χ0v) is 11.9. The van der Waals surface area contributed by atoms with Crippen LogP contribution in [-0.2, 0) is 11.0 Å². The Hall–Kier alpha value is -2.21. The molecule has 2 N–H and O–H groups in total. The number of halogens is 4. The predicted octanol–water partition coefficient (Wildman–Crippen LogP) is 4.26. The molecule has 0 saturated carbocycles. The van der Waals surface area contributed by atoms with E-state index in [0.717, 1.165) is 12.1 Å². The van der Waals surface area contributed by atoms with E-state index < -0.39 is 17.6 Å². The molecular formula is C15H11ClF3NO2. The first-order chi connectivity index (χ1) is 10.3. The lowest BCUT2D eigenvalue weighted by Gasteiger charge is -2.10. The van der Waals surface area contributed by atoms with E-state index in [-0.39, 0.29) is 17.3 Å². The molecule has 1 amide bonds. The number of aromatic hydroxyl groups is 1. The molecule has 0 radical (unpaired) electrons. The van der Waals surface area contributed by atoms with Crippen LogP contribution in [0, 0.1) is 0 Å². The minimum Gasteiger partial charge on any atom is -0.506 e. The van der Waals surface area contributed by atoms with E-state index in [1.165, 1.54) is 24.3 Å². The van der Waals surface area contributed by atoms with Crippen LogP contribution in [-0.4, -0.2) is 16.9 Å². The van der Waals surface area contributed by atoms with E-state index in [1.54, 1.807) is 6.07 Å². The SMILES string of the molecule is O=C(CCl)Nc1ccc(-c2ccc(C(F)(F)F)cc2)cc1O. The number of rotatable bonds is 3. The van der Waals surface area contributed by atoms with Gasteiger partial charge in [0, 0.05) is 0 Å². The van der Waals surface area contributed by atoms with Gasteiger partial charge in [-0.3, -0.25) is 4.79 Å². The highest BCUT2D eigenvalue weighted by atomic mass is 35.5. The molecule has 2 aromatic carbocycles. The lowest BCUT2D eigenvalue weighted by atomic mass is 10.0. The maximum absolute atomic E-state index is 12.5. The van der Waals surface area contributed by atoms with Gasteiger partial charge in [-0.1, -0.05) is 18.2 Å². The van der Waals surface area contributed by atoms with Crippen LogP contribution in [0.5, 0.6) is 5.75 Å². The summed E-state index contributed by atoms with van der Waals surface area (Å²) < 4.78 is 37.5. The van der Waals surface area contributed by atoms with Crippen molar-refractivity contribution < 1.29 is 23.1 Å². The topological polar surface area (TPSA) is 49.3 Å². The Bertz CT molecular complexity index is 684. The van der Waals surface area contributed by atoms with Gasteiger partial charge in [-0.25, -0.2) is 0 Å². The average molecular weight is 330 g/mol. The quantitative estimate of drug-likeness (QED) is 0.653. The van der Waals surface area contributed by atoms with Crippen molar-refractivity contribution in [2.45, 2.75) is 6.18 Å². The summed E-state index contributed by atoms with van der Waals surface area (Å²) in [6, 6.07) is 8.94. The predicted molar refractivity (Wildman–Crippen MR) is 77.9 cm³/mol. The molecule has 2 aromatic rings. The Morgan fingerprint density at radius 3 is 2.18 bits per heavy atom. The molecule has 2 rings (SSSR count). The van der Waals surface area contributed by atoms with Crippen molar-refractivity contribution in [2.75, 3.05) is 11.2 Å². The molecule has 0 spiro atoms. The maximum Gasteiger partial charge on any atom is 0.416 e. The third-order valence-corrected chi connectivity index (χ3v) is 3.18. The monoisotopic (exact) mass is 329 g/mol. The number of nitrogens with one attached hydrogen (secondary N) is 1. The number of alkyl halides is 4. The minimum atomic E-state index is -4.39. The average Bonchev–Trinajstić information content (AvgIpc) is 2.48. The molecule has 0 fully saturated rings. The largest absolute Gasteiger partial charge is 0.506 e. The first-order valence-electron chi connectivity index (χ1n) is 6.17. The molecule has 0 saturated heterocycles. The van der Waals surface area contributed by atoms with E-state index in [1.807, 2.05) is 0 Å². The van der Waals surface area contributed by atoms with Gasteiger partial charge in [0.2, 0.25) is 5.91 Å². The summed E-state index contributed by atoms with van der Waals surface area (Å²) in [6.45, 7) is 0. The van der Waals surface area contributed by atoms with Crippen LogP contribution < -0.4 is 5.32 Å². The smallest absolute Gasteiger partial charge is 0.416 e. The van der Waals surface area contributed by atoms with Crippen molar-refractivity contribution >= 4 is 23.2 Å².